The molecule has 19 heavy (non-hydrogen) atoms. The van der Waals surface area contributed by atoms with Crippen molar-refractivity contribution in [3.05, 3.63) is 0 Å². The molecule has 1 aliphatic heterocycles. The minimum absolute atomic E-state index is 0.0257. The van der Waals surface area contributed by atoms with Crippen molar-refractivity contribution >= 4 is 17.8 Å². The molecule has 1 atom stereocenters. The zero-order chi connectivity index (χ0) is 14.6. The highest BCUT2D eigenvalue weighted by Crippen LogP contribution is 2.18. The van der Waals surface area contributed by atoms with Crippen molar-refractivity contribution in [1.29, 1.82) is 0 Å². The summed E-state index contributed by atoms with van der Waals surface area (Å²) < 4.78 is 0. The van der Waals surface area contributed by atoms with E-state index in [1.807, 2.05) is 0 Å². The molecule has 1 unspecified atom stereocenters. The first-order chi connectivity index (χ1) is 8.71. The molecule has 0 aliphatic carbocycles. The maximum atomic E-state index is 12.1. The Morgan fingerprint density at radius 2 is 2.00 bits per heavy atom. The van der Waals surface area contributed by atoms with Crippen molar-refractivity contribution < 1.29 is 19.5 Å². The molecule has 0 saturated carbocycles. The van der Waals surface area contributed by atoms with Crippen LogP contribution in [0.2, 0.25) is 0 Å². The molecular weight excluding hydrogens is 248 g/mol. The highest BCUT2D eigenvalue weighted by atomic mass is 16.4. The largest absolute Gasteiger partial charge is 0.481 e. The number of amides is 2. The van der Waals surface area contributed by atoms with Gasteiger partial charge in [-0.2, -0.15) is 0 Å². The number of carbonyl (C=O) groups excluding carboxylic acids is 2. The van der Waals surface area contributed by atoms with Gasteiger partial charge in [0.2, 0.25) is 11.8 Å². The van der Waals surface area contributed by atoms with Crippen LogP contribution in [-0.2, 0) is 14.4 Å². The molecule has 6 nitrogen and oxygen atoms in total. The lowest BCUT2D eigenvalue weighted by molar-refractivity contribution is -0.139. The van der Waals surface area contributed by atoms with Gasteiger partial charge < -0.3 is 15.3 Å². The van der Waals surface area contributed by atoms with E-state index >= 15 is 0 Å². The standard InChI is InChI=1S/C13H22N2O4/c1-9(16)15-6-4-5-10(8-15)12(19)14-13(2,3)7-11(17)18/h10H,4-8H2,1-3H3,(H,14,19)(H,17,18). The van der Waals surface area contributed by atoms with Crippen LogP contribution in [0.5, 0.6) is 0 Å². The van der Waals surface area contributed by atoms with Crippen molar-refractivity contribution in [3.8, 4) is 0 Å². The van der Waals surface area contributed by atoms with E-state index in [0.717, 1.165) is 12.8 Å². The summed E-state index contributed by atoms with van der Waals surface area (Å²) in [6.07, 6.45) is 1.41. The van der Waals surface area contributed by atoms with Crippen LogP contribution in [0.15, 0.2) is 0 Å². The number of aliphatic carboxylic acids is 1. The van der Waals surface area contributed by atoms with Gasteiger partial charge in [-0.15, -0.1) is 0 Å². The number of piperidine rings is 1. The van der Waals surface area contributed by atoms with Gasteiger partial charge in [-0.3, -0.25) is 14.4 Å². The lowest BCUT2D eigenvalue weighted by Crippen LogP contribution is -2.51. The van der Waals surface area contributed by atoms with Gasteiger partial charge in [0.15, 0.2) is 0 Å². The Morgan fingerprint density at radius 1 is 1.37 bits per heavy atom. The second-order valence-corrected chi connectivity index (χ2v) is 5.75. The zero-order valence-electron chi connectivity index (χ0n) is 11.7. The smallest absolute Gasteiger partial charge is 0.305 e. The lowest BCUT2D eigenvalue weighted by atomic mass is 9.94. The van der Waals surface area contributed by atoms with Gasteiger partial charge >= 0.3 is 5.97 Å². The average Bonchev–Trinajstić information content (AvgIpc) is 2.26. The summed E-state index contributed by atoms with van der Waals surface area (Å²) in [5.74, 6) is -1.38. The number of likely N-dealkylation sites (tertiary alicyclic amines) is 1. The molecule has 1 fully saturated rings. The number of hydrogen-bond donors (Lipinski definition) is 2. The Labute approximate surface area is 113 Å². The molecule has 108 valence electrons. The molecular formula is C13H22N2O4. The zero-order valence-corrected chi connectivity index (χ0v) is 11.7. The number of nitrogens with zero attached hydrogens (tertiary/aromatic N) is 1. The van der Waals surface area contributed by atoms with Gasteiger partial charge in [-0.25, -0.2) is 0 Å². The fourth-order valence-electron chi connectivity index (χ4n) is 2.33. The van der Waals surface area contributed by atoms with Gasteiger partial charge in [-0.1, -0.05) is 0 Å². The Balaban J connectivity index is 2.57. The maximum Gasteiger partial charge on any atom is 0.305 e. The first-order valence-electron chi connectivity index (χ1n) is 6.50. The van der Waals surface area contributed by atoms with Crippen LogP contribution < -0.4 is 5.32 Å². The van der Waals surface area contributed by atoms with Crippen LogP contribution in [0.1, 0.15) is 40.0 Å². The number of carboxylic acids is 1. The quantitative estimate of drug-likeness (QED) is 0.783. The van der Waals surface area contributed by atoms with E-state index in [2.05, 4.69) is 5.32 Å². The molecule has 1 aliphatic rings. The Kier molecular flexibility index (Phi) is 4.91. The summed E-state index contributed by atoms with van der Waals surface area (Å²) in [6.45, 7) is 5.98. The fraction of sp³-hybridized carbons (Fsp3) is 0.769. The highest BCUT2D eigenvalue weighted by Gasteiger charge is 2.31. The summed E-state index contributed by atoms with van der Waals surface area (Å²) in [4.78, 5) is 35.8. The first-order valence-corrected chi connectivity index (χ1v) is 6.50. The second kappa shape index (κ2) is 6.04. The Bertz CT molecular complexity index is 379. The Morgan fingerprint density at radius 3 is 2.53 bits per heavy atom. The summed E-state index contributed by atoms with van der Waals surface area (Å²) in [5, 5.41) is 11.5. The van der Waals surface area contributed by atoms with Gasteiger partial charge in [0.1, 0.15) is 0 Å². The third-order valence-corrected chi connectivity index (χ3v) is 3.29. The molecule has 6 heteroatoms. The molecule has 0 aromatic rings. The summed E-state index contributed by atoms with van der Waals surface area (Å²) in [7, 11) is 0. The average molecular weight is 270 g/mol. The highest BCUT2D eigenvalue weighted by molar-refractivity contribution is 5.82. The van der Waals surface area contributed by atoms with Crippen LogP contribution in [0.4, 0.5) is 0 Å². The molecule has 2 amide bonds. The third kappa shape index (κ3) is 4.89. The monoisotopic (exact) mass is 270 g/mol. The SMILES string of the molecule is CC(=O)N1CCCC(C(=O)NC(C)(C)CC(=O)O)C1. The molecule has 1 heterocycles. The first kappa shape index (κ1) is 15.5. The molecule has 1 saturated heterocycles. The van der Waals surface area contributed by atoms with Crippen molar-refractivity contribution in [3.63, 3.8) is 0 Å². The Hall–Kier alpha value is -1.59. The van der Waals surface area contributed by atoms with Crippen LogP contribution >= 0.6 is 0 Å². The lowest BCUT2D eigenvalue weighted by Gasteiger charge is -2.33. The molecule has 2 N–H and O–H groups in total. The van der Waals surface area contributed by atoms with E-state index in [1.54, 1.807) is 18.7 Å². The maximum absolute atomic E-state index is 12.1. The molecule has 0 bridgehead atoms. The van der Waals surface area contributed by atoms with Gasteiger partial charge in [-0.05, 0) is 26.7 Å². The van der Waals surface area contributed by atoms with Crippen LogP contribution in [-0.4, -0.2) is 46.4 Å². The van der Waals surface area contributed by atoms with E-state index in [1.165, 1.54) is 6.92 Å². The second-order valence-electron chi connectivity index (χ2n) is 5.75. The van der Waals surface area contributed by atoms with E-state index in [0.29, 0.717) is 13.1 Å². The van der Waals surface area contributed by atoms with E-state index in [4.69, 9.17) is 5.11 Å². The van der Waals surface area contributed by atoms with Crippen molar-refractivity contribution in [1.82, 2.24) is 10.2 Å². The number of carboxylic acid groups (broad SMARTS) is 1. The van der Waals surface area contributed by atoms with Crippen molar-refractivity contribution in [2.75, 3.05) is 13.1 Å². The predicted molar refractivity (Wildman–Crippen MR) is 69.5 cm³/mol. The number of nitrogens with one attached hydrogen (secondary N) is 1. The third-order valence-electron chi connectivity index (χ3n) is 3.29. The van der Waals surface area contributed by atoms with E-state index in [9.17, 15) is 14.4 Å². The molecule has 0 radical (unpaired) electrons. The molecule has 0 aromatic carbocycles. The predicted octanol–water partition coefficient (Wildman–Crippen LogP) is 0.614. The molecule has 1 rings (SSSR count). The fourth-order valence-corrected chi connectivity index (χ4v) is 2.33. The minimum atomic E-state index is -0.945. The normalized spacial score (nSPS) is 19.9. The number of hydrogen-bond acceptors (Lipinski definition) is 3. The minimum Gasteiger partial charge on any atom is -0.481 e. The van der Waals surface area contributed by atoms with E-state index < -0.39 is 11.5 Å². The summed E-state index contributed by atoms with van der Waals surface area (Å²) in [6, 6.07) is 0. The summed E-state index contributed by atoms with van der Waals surface area (Å²) in [5.41, 5.74) is -0.776. The van der Waals surface area contributed by atoms with Gasteiger partial charge in [0.05, 0.1) is 12.3 Å². The van der Waals surface area contributed by atoms with Crippen LogP contribution in [0.3, 0.4) is 0 Å². The van der Waals surface area contributed by atoms with Crippen molar-refractivity contribution in [2.24, 2.45) is 5.92 Å². The summed E-state index contributed by atoms with van der Waals surface area (Å²) >= 11 is 0. The topological polar surface area (TPSA) is 86.7 Å². The van der Waals surface area contributed by atoms with Crippen LogP contribution in [0.25, 0.3) is 0 Å². The van der Waals surface area contributed by atoms with E-state index in [-0.39, 0.29) is 24.2 Å². The van der Waals surface area contributed by atoms with Gasteiger partial charge in [0, 0.05) is 25.6 Å². The van der Waals surface area contributed by atoms with Gasteiger partial charge in [0.25, 0.3) is 0 Å². The van der Waals surface area contributed by atoms with Crippen molar-refractivity contribution in [2.45, 2.75) is 45.6 Å². The number of rotatable bonds is 4. The molecule has 0 spiro atoms. The van der Waals surface area contributed by atoms with Crippen LogP contribution in [0, 0.1) is 5.92 Å². The number of carbonyl (C=O) groups is 3. The molecule has 0 aromatic heterocycles.